The van der Waals surface area contributed by atoms with Crippen molar-refractivity contribution in [2.45, 2.75) is 69.8 Å². The lowest BCUT2D eigenvalue weighted by Gasteiger charge is -2.41. The third kappa shape index (κ3) is 9.96. The van der Waals surface area contributed by atoms with Crippen molar-refractivity contribution in [2.75, 3.05) is 43.7 Å². The second kappa shape index (κ2) is 16.6. The van der Waals surface area contributed by atoms with Crippen molar-refractivity contribution in [2.24, 2.45) is 0 Å². The number of ether oxygens (including phenoxy) is 3. The van der Waals surface area contributed by atoms with Gasteiger partial charge in [-0.3, -0.25) is 0 Å². The molecule has 1 atom stereocenters. The van der Waals surface area contributed by atoms with Crippen molar-refractivity contribution in [1.29, 1.82) is 0 Å². The fraction of sp³-hybridized carbons (Fsp3) is 0.366. The number of methoxy groups -OCH3 is 2. The van der Waals surface area contributed by atoms with Crippen LogP contribution in [0.25, 0.3) is 22.2 Å². The van der Waals surface area contributed by atoms with Crippen molar-refractivity contribution in [3.05, 3.63) is 95.3 Å². The zero-order valence-corrected chi connectivity index (χ0v) is 33.4. The molecule has 0 spiro atoms. The van der Waals surface area contributed by atoms with Gasteiger partial charge in [0.05, 0.1) is 25.5 Å². The number of thioether (sulfide) groups is 1. The Morgan fingerprint density at radius 2 is 1.47 bits per heavy atom. The van der Waals surface area contributed by atoms with Gasteiger partial charge in [-0.2, -0.15) is 27.5 Å². The lowest BCUT2D eigenvalue weighted by molar-refractivity contribution is -0.0328. The molecule has 0 radical (unpaired) electrons. The molecule has 5 aromatic rings. The normalized spacial score (nSPS) is 14.8. The highest BCUT2D eigenvalue weighted by atomic mass is 32.2. The lowest BCUT2D eigenvalue weighted by Crippen LogP contribution is -2.55. The summed E-state index contributed by atoms with van der Waals surface area (Å²) < 4.78 is 91.4. The standard InChI is InChI=1S/C41H43F5N6O4S/c1-24-18-31(47-33(19-24)51(22-26-8-12-28(54-6)13-9-26)23-27-10-14-29(55-7)15-11-27)34-32(57-41(44,45)46)20-30-36(35(34)42)48-38(43)49-37(30)52-17-16-50(21-25(52)2)39(53)56-40(3,4)5/h8-15,18-20,25H,16-17,21-23H2,1-7H3. The summed E-state index contributed by atoms with van der Waals surface area (Å²) in [7, 11) is 3.13. The molecular weight excluding hydrogens is 768 g/mol. The van der Waals surface area contributed by atoms with E-state index in [0.29, 0.717) is 36.0 Å². The largest absolute Gasteiger partial charge is 0.497 e. The molecule has 10 nitrogen and oxygen atoms in total. The van der Waals surface area contributed by atoms with Crippen LogP contribution in [-0.2, 0) is 17.8 Å². The summed E-state index contributed by atoms with van der Waals surface area (Å²) in [4.78, 5) is 29.9. The van der Waals surface area contributed by atoms with Gasteiger partial charge in [-0.25, -0.2) is 14.2 Å². The second-order valence-electron chi connectivity index (χ2n) is 14.7. The van der Waals surface area contributed by atoms with E-state index in [-0.39, 0.29) is 36.5 Å². The number of halogens is 5. The third-order valence-electron chi connectivity index (χ3n) is 9.23. The van der Waals surface area contributed by atoms with Crippen LogP contribution in [0.15, 0.2) is 71.6 Å². The average molecular weight is 811 g/mol. The molecule has 6 rings (SSSR count). The molecule has 57 heavy (non-hydrogen) atoms. The number of carbonyl (C=O) groups excluding carboxylic acids is 1. The number of aromatic nitrogens is 3. The van der Waals surface area contributed by atoms with Crippen LogP contribution in [0.1, 0.15) is 44.4 Å². The Morgan fingerprint density at radius 1 is 0.877 bits per heavy atom. The molecule has 16 heteroatoms. The van der Waals surface area contributed by atoms with E-state index in [0.717, 1.165) is 17.2 Å². The number of alkyl halides is 3. The topological polar surface area (TPSA) is 93.2 Å². The first-order valence-corrected chi connectivity index (χ1v) is 18.9. The Bertz CT molecular complexity index is 2190. The summed E-state index contributed by atoms with van der Waals surface area (Å²) in [5, 5.41) is -0.115. The monoisotopic (exact) mass is 810 g/mol. The SMILES string of the molecule is COc1ccc(CN(Cc2ccc(OC)cc2)c2cc(C)cc(-c3c(SC(F)(F)F)cc4c(N5CCN(C(=O)OC(C)(C)C)CC5C)nc(F)nc4c3F)n2)cc1. The number of benzene rings is 3. The van der Waals surface area contributed by atoms with E-state index in [2.05, 4.69) is 9.97 Å². The predicted octanol–water partition coefficient (Wildman–Crippen LogP) is 9.56. The Labute approximate surface area is 332 Å². The summed E-state index contributed by atoms with van der Waals surface area (Å²) >= 11 is -0.501. The molecule has 1 fully saturated rings. The number of pyridine rings is 1. The number of rotatable bonds is 10. The Hall–Kier alpha value is -5.38. The van der Waals surface area contributed by atoms with Gasteiger partial charge in [-0.15, -0.1) is 0 Å². The molecule has 302 valence electrons. The first-order chi connectivity index (χ1) is 26.9. The minimum atomic E-state index is -4.83. The van der Waals surface area contributed by atoms with E-state index < -0.39 is 62.9 Å². The van der Waals surface area contributed by atoms with Crippen LogP contribution in [-0.4, -0.2) is 77.0 Å². The fourth-order valence-electron chi connectivity index (χ4n) is 6.65. The van der Waals surface area contributed by atoms with Crippen LogP contribution in [0.2, 0.25) is 0 Å². The zero-order chi connectivity index (χ0) is 41.2. The summed E-state index contributed by atoms with van der Waals surface area (Å²) in [6, 6.07) is 18.7. The highest BCUT2D eigenvalue weighted by molar-refractivity contribution is 8.00. The molecule has 1 aliphatic heterocycles. The van der Waals surface area contributed by atoms with Gasteiger partial charge in [0.25, 0.3) is 0 Å². The van der Waals surface area contributed by atoms with E-state index >= 15 is 8.78 Å². The molecule has 1 saturated heterocycles. The Kier molecular flexibility index (Phi) is 12.0. The molecule has 0 N–H and O–H groups in total. The van der Waals surface area contributed by atoms with Gasteiger partial charge in [0.1, 0.15) is 34.3 Å². The molecule has 0 aliphatic carbocycles. The number of piperazine rings is 1. The smallest absolute Gasteiger partial charge is 0.446 e. The predicted molar refractivity (Wildman–Crippen MR) is 210 cm³/mol. The summed E-state index contributed by atoms with van der Waals surface area (Å²) in [6.45, 7) is 9.80. The van der Waals surface area contributed by atoms with Gasteiger partial charge in [-0.05, 0) is 106 Å². The van der Waals surface area contributed by atoms with Crippen molar-refractivity contribution < 1.29 is 41.0 Å². The van der Waals surface area contributed by atoms with Crippen molar-refractivity contribution in [3.8, 4) is 22.8 Å². The van der Waals surface area contributed by atoms with Gasteiger partial charge in [0, 0.05) is 49.0 Å². The van der Waals surface area contributed by atoms with Crippen molar-refractivity contribution >= 4 is 40.4 Å². The van der Waals surface area contributed by atoms with Crippen LogP contribution in [0.3, 0.4) is 0 Å². The maximum atomic E-state index is 17.0. The number of hydrogen-bond donors (Lipinski definition) is 0. The fourth-order valence-corrected chi connectivity index (χ4v) is 7.37. The Morgan fingerprint density at radius 3 is 2.00 bits per heavy atom. The quantitative estimate of drug-likeness (QED) is 0.0772. The van der Waals surface area contributed by atoms with Crippen LogP contribution in [0.5, 0.6) is 11.5 Å². The van der Waals surface area contributed by atoms with Crippen LogP contribution >= 0.6 is 11.8 Å². The van der Waals surface area contributed by atoms with E-state index in [4.69, 9.17) is 19.2 Å². The van der Waals surface area contributed by atoms with Gasteiger partial charge in [0.15, 0.2) is 5.82 Å². The number of fused-ring (bicyclic) bond motifs is 1. The zero-order valence-electron chi connectivity index (χ0n) is 32.6. The minimum absolute atomic E-state index is 0.0913. The molecule has 0 saturated carbocycles. The van der Waals surface area contributed by atoms with E-state index in [1.54, 1.807) is 59.8 Å². The van der Waals surface area contributed by atoms with Gasteiger partial charge in [-0.1, -0.05) is 24.3 Å². The van der Waals surface area contributed by atoms with Gasteiger partial charge < -0.3 is 28.9 Å². The third-order valence-corrected chi connectivity index (χ3v) is 10.00. The number of amides is 1. The van der Waals surface area contributed by atoms with E-state index in [9.17, 15) is 18.0 Å². The summed E-state index contributed by atoms with van der Waals surface area (Å²) in [5.41, 5.74) is -4.26. The number of hydrogen-bond acceptors (Lipinski definition) is 10. The first kappa shape index (κ1) is 41.3. The number of anilines is 2. The molecule has 2 aromatic heterocycles. The summed E-state index contributed by atoms with van der Waals surface area (Å²) in [5.74, 6) is 0.428. The van der Waals surface area contributed by atoms with Crippen LogP contribution in [0, 0.1) is 18.8 Å². The molecular formula is C41H43F5N6O4S. The van der Waals surface area contributed by atoms with Gasteiger partial charge in [0.2, 0.25) is 0 Å². The first-order valence-electron chi connectivity index (χ1n) is 18.1. The molecule has 1 amide bonds. The maximum Gasteiger partial charge on any atom is 0.446 e. The number of nitrogens with zero attached hydrogens (tertiary/aromatic N) is 6. The number of carbonyl (C=O) groups is 1. The maximum absolute atomic E-state index is 17.0. The molecule has 3 aromatic carbocycles. The lowest BCUT2D eigenvalue weighted by atomic mass is 10.0. The molecule has 0 bridgehead atoms. The Balaban J connectivity index is 1.45. The van der Waals surface area contributed by atoms with E-state index in [1.165, 1.54) is 11.0 Å². The second-order valence-corrected chi connectivity index (χ2v) is 15.8. The van der Waals surface area contributed by atoms with Crippen molar-refractivity contribution in [1.82, 2.24) is 19.9 Å². The van der Waals surface area contributed by atoms with Crippen molar-refractivity contribution in [3.63, 3.8) is 0 Å². The molecule has 3 heterocycles. The molecule has 1 aliphatic rings. The minimum Gasteiger partial charge on any atom is -0.497 e. The highest BCUT2D eigenvalue weighted by Crippen LogP contribution is 2.46. The summed E-state index contributed by atoms with van der Waals surface area (Å²) in [6.07, 6.45) is -1.80. The number of aryl methyl sites for hydroxylation is 1. The molecule has 1 unspecified atom stereocenters. The van der Waals surface area contributed by atoms with E-state index in [1.807, 2.05) is 53.4 Å². The van der Waals surface area contributed by atoms with Gasteiger partial charge >= 0.3 is 17.7 Å². The average Bonchev–Trinajstić information content (AvgIpc) is 3.14. The van der Waals surface area contributed by atoms with Crippen LogP contribution < -0.4 is 19.3 Å². The van der Waals surface area contributed by atoms with Crippen LogP contribution in [0.4, 0.5) is 38.4 Å². The highest BCUT2D eigenvalue weighted by Gasteiger charge is 2.36.